The standard InChI is InChI=1S/C40H48F4N4O.C6H14O.CH4O2S/c1-8-23(6)31(19-25-17-29(41)21-30(42)18-25)38-47-37-35(27(10-3)20-32(46-37)28-13-15-40(43,44)16-14-28)39(49)48(38)33-12-11-26(9-2)34(24(33)7)36(45)22(4)5;1-3-4-5-6-7-2;1-4(2)3/h11-12,17-18,20-23,28,31,45H,8-10,13-16,19H2,1-7H3;3-6H2,1-2H3;1H3,(H,2,3)/p-1. The zero-order valence-electron chi connectivity index (χ0n) is 37.2. The smallest absolute Gasteiger partial charge is 0.267 e. The highest BCUT2D eigenvalue weighted by Gasteiger charge is 2.36. The molecule has 0 spiro atoms. The van der Waals surface area contributed by atoms with Crippen LogP contribution < -0.4 is 5.56 Å². The third-order valence-electron chi connectivity index (χ3n) is 11.5. The Morgan fingerprint density at radius 2 is 1.58 bits per heavy atom. The van der Waals surface area contributed by atoms with Crippen LogP contribution in [0, 0.1) is 35.8 Å². The lowest BCUT2D eigenvalue weighted by molar-refractivity contribution is -0.0384. The number of unbranched alkanes of at least 4 members (excludes halogenated alkanes) is 2. The number of pyridine rings is 1. The number of benzene rings is 2. The SMILES string of the molecule is CCCCCOC.CCc1ccc(-n2c(C(Cc3cc(F)cc(F)c3)C(C)CC)nc3nc(C4CCC(F)(F)CC4)cc(CC)c3c2=O)c(C)c1C(=N)C(C)C.CS(=O)[O-]. The molecule has 0 bridgehead atoms. The van der Waals surface area contributed by atoms with Crippen molar-refractivity contribution in [2.75, 3.05) is 20.0 Å². The Morgan fingerprint density at radius 3 is 2.10 bits per heavy atom. The number of hydrogen-bond acceptors (Lipinski definition) is 7. The van der Waals surface area contributed by atoms with Crippen LogP contribution in [0.5, 0.6) is 0 Å². The molecule has 5 rings (SSSR count). The number of nitrogens with one attached hydrogen (secondary N) is 1. The molecule has 0 radical (unpaired) electrons. The van der Waals surface area contributed by atoms with Gasteiger partial charge in [-0.25, -0.2) is 27.5 Å². The second-order valence-corrected chi connectivity index (χ2v) is 17.0. The van der Waals surface area contributed by atoms with Crippen molar-refractivity contribution >= 4 is 27.8 Å². The van der Waals surface area contributed by atoms with Crippen molar-refractivity contribution in [3.05, 3.63) is 97.7 Å². The molecule has 2 aromatic carbocycles. The number of nitrogens with zero attached hydrogens (tertiary/aromatic N) is 3. The van der Waals surface area contributed by atoms with Crippen molar-refractivity contribution < 1.29 is 31.1 Å². The van der Waals surface area contributed by atoms with E-state index >= 15 is 4.79 Å². The zero-order valence-corrected chi connectivity index (χ0v) is 38.0. The van der Waals surface area contributed by atoms with Gasteiger partial charge in [-0.3, -0.25) is 13.6 Å². The van der Waals surface area contributed by atoms with Crippen LogP contribution in [0.1, 0.15) is 151 Å². The average Bonchev–Trinajstić information content (AvgIpc) is 3.18. The monoisotopic (exact) mass is 857 g/mol. The molecule has 1 fully saturated rings. The molecule has 332 valence electrons. The van der Waals surface area contributed by atoms with Gasteiger partial charge in [0.1, 0.15) is 17.5 Å². The number of rotatable bonds is 15. The number of ether oxygens (including phenoxy) is 1. The topological polar surface area (TPSA) is 121 Å². The molecule has 3 atom stereocenters. The number of aromatic nitrogens is 3. The summed E-state index contributed by atoms with van der Waals surface area (Å²) in [6.07, 6.45) is 7.21. The Morgan fingerprint density at radius 1 is 0.983 bits per heavy atom. The van der Waals surface area contributed by atoms with Crippen molar-refractivity contribution in [2.45, 2.75) is 144 Å². The fourth-order valence-corrected chi connectivity index (χ4v) is 7.87. The first-order valence-corrected chi connectivity index (χ1v) is 22.8. The van der Waals surface area contributed by atoms with Crippen LogP contribution >= 0.6 is 0 Å². The first kappa shape index (κ1) is 50.5. The van der Waals surface area contributed by atoms with Gasteiger partial charge in [0.05, 0.1) is 11.1 Å². The molecule has 0 saturated heterocycles. The minimum Gasteiger partial charge on any atom is -0.773 e. The second kappa shape index (κ2) is 23.4. The maximum atomic E-state index is 15.0. The molecule has 60 heavy (non-hydrogen) atoms. The van der Waals surface area contributed by atoms with Crippen molar-refractivity contribution in [3.63, 3.8) is 0 Å². The summed E-state index contributed by atoms with van der Waals surface area (Å²) in [4.78, 5) is 25.1. The van der Waals surface area contributed by atoms with E-state index in [1.807, 2.05) is 66.7 Å². The molecular weight excluding hydrogens is 793 g/mol. The number of hydrogen-bond donors (Lipinski definition) is 1. The maximum Gasteiger partial charge on any atom is 0.267 e. The fraction of sp³-hybridized carbons (Fsp3) is 0.574. The molecule has 8 nitrogen and oxygen atoms in total. The predicted molar refractivity (Wildman–Crippen MR) is 235 cm³/mol. The molecule has 0 amide bonds. The molecule has 13 heteroatoms. The molecule has 1 N–H and O–H groups in total. The van der Waals surface area contributed by atoms with E-state index in [0.717, 1.165) is 41.2 Å². The predicted octanol–water partition coefficient (Wildman–Crippen LogP) is 11.5. The van der Waals surface area contributed by atoms with E-state index in [2.05, 4.69) is 6.92 Å². The van der Waals surface area contributed by atoms with Crippen LogP contribution in [0.15, 0.2) is 41.2 Å². The summed E-state index contributed by atoms with van der Waals surface area (Å²) in [6.45, 7) is 17.1. The summed E-state index contributed by atoms with van der Waals surface area (Å²) in [6, 6.07) is 9.24. The normalized spacial score (nSPS) is 15.5. The Kier molecular flexibility index (Phi) is 19.7. The van der Waals surface area contributed by atoms with E-state index in [-0.39, 0.29) is 48.2 Å². The van der Waals surface area contributed by atoms with Gasteiger partial charge in [0.2, 0.25) is 5.92 Å². The summed E-state index contributed by atoms with van der Waals surface area (Å²) in [5.41, 5.74) is 5.50. The fourth-order valence-electron chi connectivity index (χ4n) is 7.87. The van der Waals surface area contributed by atoms with Crippen LogP contribution in [0.2, 0.25) is 0 Å². The van der Waals surface area contributed by atoms with E-state index in [1.165, 1.54) is 31.4 Å². The van der Waals surface area contributed by atoms with Gasteiger partial charge in [-0.2, -0.15) is 0 Å². The molecule has 4 aromatic rings. The maximum absolute atomic E-state index is 15.0. The molecule has 1 aliphatic rings. The third-order valence-corrected chi connectivity index (χ3v) is 11.5. The summed E-state index contributed by atoms with van der Waals surface area (Å²) >= 11 is -1.86. The molecule has 3 unspecified atom stereocenters. The lowest BCUT2D eigenvalue weighted by Crippen LogP contribution is -2.31. The Bertz CT molecular complexity index is 2100. The van der Waals surface area contributed by atoms with Gasteiger partial charge in [0.25, 0.3) is 5.56 Å². The summed E-state index contributed by atoms with van der Waals surface area (Å²) in [5.74, 6) is -4.33. The van der Waals surface area contributed by atoms with Crippen LogP contribution in [0.3, 0.4) is 0 Å². The van der Waals surface area contributed by atoms with Gasteiger partial charge in [-0.05, 0) is 110 Å². The highest BCUT2D eigenvalue weighted by atomic mass is 32.2. The molecule has 1 aliphatic carbocycles. The number of fused-ring (bicyclic) bond motifs is 1. The highest BCUT2D eigenvalue weighted by Crippen LogP contribution is 2.41. The summed E-state index contributed by atoms with van der Waals surface area (Å²) in [5, 5.41) is 9.39. The van der Waals surface area contributed by atoms with E-state index in [4.69, 9.17) is 28.9 Å². The number of methoxy groups -OCH3 is 1. The quantitative estimate of drug-likeness (QED) is 0.0550. The van der Waals surface area contributed by atoms with Crippen LogP contribution in [0.4, 0.5) is 17.6 Å². The highest BCUT2D eigenvalue weighted by molar-refractivity contribution is 7.78. The van der Waals surface area contributed by atoms with Gasteiger partial charge in [0, 0.05) is 61.4 Å². The van der Waals surface area contributed by atoms with E-state index in [0.29, 0.717) is 66.0 Å². The Hall–Kier alpha value is -3.81. The van der Waals surface area contributed by atoms with E-state index in [9.17, 15) is 17.6 Å². The number of halogens is 4. The Labute approximate surface area is 356 Å². The van der Waals surface area contributed by atoms with E-state index in [1.54, 1.807) is 11.7 Å². The summed E-state index contributed by atoms with van der Waals surface area (Å²) < 4.78 is 81.6. The van der Waals surface area contributed by atoms with Crippen molar-refractivity contribution in [1.29, 1.82) is 5.41 Å². The third kappa shape index (κ3) is 13.3. The van der Waals surface area contributed by atoms with Gasteiger partial charge < -0.3 is 14.7 Å². The van der Waals surface area contributed by atoms with Crippen LogP contribution in [-0.4, -0.2) is 54.9 Å². The Balaban J connectivity index is 0.000000773. The lowest BCUT2D eigenvalue weighted by Gasteiger charge is -2.29. The average molecular weight is 858 g/mol. The largest absolute Gasteiger partial charge is 0.773 e. The van der Waals surface area contributed by atoms with Crippen LogP contribution in [0.25, 0.3) is 16.7 Å². The number of aryl methyl sites for hydroxylation is 2. The van der Waals surface area contributed by atoms with Crippen LogP contribution in [-0.2, 0) is 35.1 Å². The zero-order chi connectivity index (χ0) is 44.9. The van der Waals surface area contributed by atoms with Crippen molar-refractivity contribution in [2.24, 2.45) is 11.8 Å². The molecule has 2 aromatic heterocycles. The summed E-state index contributed by atoms with van der Waals surface area (Å²) in [7, 11) is 1.75. The minimum atomic E-state index is -2.68. The van der Waals surface area contributed by atoms with Crippen molar-refractivity contribution in [3.8, 4) is 5.69 Å². The van der Waals surface area contributed by atoms with E-state index < -0.39 is 34.6 Å². The van der Waals surface area contributed by atoms with Gasteiger partial charge in [-0.1, -0.05) is 84.9 Å². The molecule has 2 heterocycles. The van der Waals surface area contributed by atoms with Gasteiger partial charge in [0.15, 0.2) is 5.65 Å². The van der Waals surface area contributed by atoms with Gasteiger partial charge >= 0.3 is 0 Å². The second-order valence-electron chi connectivity index (χ2n) is 16.2. The molecule has 0 aliphatic heterocycles. The minimum absolute atomic E-state index is 0.0463. The first-order valence-electron chi connectivity index (χ1n) is 21.3. The molecule has 1 saturated carbocycles. The lowest BCUT2D eigenvalue weighted by atomic mass is 9.83. The number of alkyl halides is 2. The first-order chi connectivity index (χ1) is 28.3. The molecular formula is C47H65F4N4O4S-. The van der Waals surface area contributed by atoms with Crippen molar-refractivity contribution in [1.82, 2.24) is 14.5 Å². The van der Waals surface area contributed by atoms with Gasteiger partial charge in [-0.15, -0.1) is 0 Å².